The van der Waals surface area contributed by atoms with Crippen LogP contribution in [0.5, 0.6) is 0 Å². The molecular formula is C23H19ClF3N3O3. The monoisotopic (exact) mass is 477 g/mol. The SMILES string of the molecule is O=C(O)C1CCN(C(=O)c2ccc(-c3cc(C(F)(F)F)nn3-c3ccccc3Cl)cc2)CC1. The molecule has 0 spiro atoms. The predicted octanol–water partition coefficient (Wildman–Crippen LogP) is 5.15. The first-order chi connectivity index (χ1) is 15.6. The van der Waals surface area contributed by atoms with Gasteiger partial charge in [0.05, 0.1) is 22.3 Å². The number of carboxylic acid groups (broad SMARTS) is 1. The molecule has 33 heavy (non-hydrogen) atoms. The number of rotatable bonds is 4. The number of amides is 1. The minimum Gasteiger partial charge on any atom is -0.481 e. The first-order valence-electron chi connectivity index (χ1n) is 10.2. The zero-order valence-electron chi connectivity index (χ0n) is 17.2. The van der Waals surface area contributed by atoms with Gasteiger partial charge in [0.1, 0.15) is 0 Å². The van der Waals surface area contributed by atoms with Crippen molar-refractivity contribution in [2.24, 2.45) is 5.92 Å². The highest BCUT2D eigenvalue weighted by Crippen LogP contribution is 2.34. The highest BCUT2D eigenvalue weighted by molar-refractivity contribution is 6.32. The number of benzene rings is 2. The molecular weight excluding hydrogens is 459 g/mol. The Labute approximate surface area is 192 Å². The van der Waals surface area contributed by atoms with Gasteiger partial charge in [0.2, 0.25) is 0 Å². The van der Waals surface area contributed by atoms with E-state index in [9.17, 15) is 22.8 Å². The van der Waals surface area contributed by atoms with Crippen molar-refractivity contribution in [2.75, 3.05) is 13.1 Å². The number of alkyl halides is 3. The van der Waals surface area contributed by atoms with Gasteiger partial charge in [-0.3, -0.25) is 9.59 Å². The molecule has 2 heterocycles. The van der Waals surface area contributed by atoms with Crippen LogP contribution in [-0.4, -0.2) is 44.8 Å². The molecule has 1 saturated heterocycles. The van der Waals surface area contributed by atoms with Gasteiger partial charge >= 0.3 is 12.1 Å². The number of aromatic nitrogens is 2. The van der Waals surface area contributed by atoms with Crippen LogP contribution in [0.15, 0.2) is 54.6 Å². The lowest BCUT2D eigenvalue weighted by molar-refractivity contribution is -0.143. The van der Waals surface area contributed by atoms with E-state index in [0.717, 1.165) is 10.7 Å². The lowest BCUT2D eigenvalue weighted by atomic mass is 9.96. The van der Waals surface area contributed by atoms with Gasteiger partial charge in [0, 0.05) is 24.2 Å². The summed E-state index contributed by atoms with van der Waals surface area (Å²) >= 11 is 6.20. The number of para-hydroxylation sites is 1. The largest absolute Gasteiger partial charge is 0.481 e. The Balaban J connectivity index is 1.63. The Morgan fingerprint density at radius 3 is 2.24 bits per heavy atom. The van der Waals surface area contributed by atoms with Gasteiger partial charge in [-0.25, -0.2) is 4.68 Å². The highest BCUT2D eigenvalue weighted by Gasteiger charge is 2.35. The highest BCUT2D eigenvalue weighted by atomic mass is 35.5. The van der Waals surface area contributed by atoms with E-state index in [-0.39, 0.29) is 16.6 Å². The van der Waals surface area contributed by atoms with Crippen molar-refractivity contribution in [2.45, 2.75) is 19.0 Å². The van der Waals surface area contributed by atoms with Crippen molar-refractivity contribution in [3.8, 4) is 16.9 Å². The van der Waals surface area contributed by atoms with E-state index in [0.29, 0.717) is 42.7 Å². The molecule has 0 radical (unpaired) electrons. The summed E-state index contributed by atoms with van der Waals surface area (Å²) in [7, 11) is 0. The molecule has 4 rings (SSSR count). The van der Waals surface area contributed by atoms with E-state index in [4.69, 9.17) is 16.7 Å². The second-order valence-electron chi connectivity index (χ2n) is 7.76. The van der Waals surface area contributed by atoms with E-state index < -0.39 is 23.8 Å². The number of piperidine rings is 1. The molecule has 10 heteroatoms. The average molecular weight is 478 g/mol. The molecule has 172 valence electrons. The third-order valence-corrected chi connectivity index (χ3v) is 5.96. The van der Waals surface area contributed by atoms with E-state index in [1.165, 1.54) is 12.1 Å². The minimum atomic E-state index is -4.64. The fraction of sp³-hybridized carbons (Fsp3) is 0.261. The first kappa shape index (κ1) is 22.8. The van der Waals surface area contributed by atoms with Crippen molar-refractivity contribution >= 4 is 23.5 Å². The molecule has 6 nitrogen and oxygen atoms in total. The molecule has 0 unspecified atom stereocenters. The minimum absolute atomic E-state index is 0.177. The average Bonchev–Trinajstić information content (AvgIpc) is 3.25. The number of aliphatic carboxylic acids is 1. The fourth-order valence-corrected chi connectivity index (χ4v) is 4.04. The maximum absolute atomic E-state index is 13.4. The zero-order chi connectivity index (χ0) is 23.8. The lowest BCUT2D eigenvalue weighted by Gasteiger charge is -2.30. The Morgan fingerprint density at radius 1 is 1.03 bits per heavy atom. The number of hydrogen-bond acceptors (Lipinski definition) is 3. The summed E-state index contributed by atoms with van der Waals surface area (Å²) in [6.07, 6.45) is -3.87. The van der Waals surface area contributed by atoms with Crippen LogP contribution in [0, 0.1) is 5.92 Å². The third-order valence-electron chi connectivity index (χ3n) is 5.64. The summed E-state index contributed by atoms with van der Waals surface area (Å²) in [5.74, 6) is -1.56. The van der Waals surface area contributed by atoms with Gasteiger partial charge in [-0.05, 0) is 43.2 Å². The molecule has 1 aliphatic rings. The van der Waals surface area contributed by atoms with Gasteiger partial charge in [0.15, 0.2) is 5.69 Å². The molecule has 1 aliphatic heterocycles. The van der Waals surface area contributed by atoms with Crippen molar-refractivity contribution in [1.82, 2.24) is 14.7 Å². The Hall–Kier alpha value is -3.33. The standard InChI is InChI=1S/C23H19ClF3N3O3/c24-17-3-1-2-4-18(17)30-19(13-20(28-30)23(25,26)27)14-5-7-15(8-6-14)21(31)29-11-9-16(10-12-29)22(32)33/h1-8,13,16H,9-12H2,(H,32,33). The quantitative estimate of drug-likeness (QED) is 0.564. The van der Waals surface area contributed by atoms with Gasteiger partial charge < -0.3 is 10.0 Å². The Kier molecular flexibility index (Phi) is 6.16. The number of carboxylic acids is 1. The van der Waals surface area contributed by atoms with Crippen LogP contribution in [0.1, 0.15) is 28.9 Å². The second-order valence-corrected chi connectivity index (χ2v) is 8.17. The number of carbonyl (C=O) groups excluding carboxylic acids is 1. The number of likely N-dealkylation sites (tertiary alicyclic amines) is 1. The second kappa shape index (κ2) is 8.90. The van der Waals surface area contributed by atoms with Crippen LogP contribution in [0.25, 0.3) is 16.9 Å². The zero-order valence-corrected chi connectivity index (χ0v) is 18.0. The van der Waals surface area contributed by atoms with Crippen LogP contribution in [0.2, 0.25) is 5.02 Å². The van der Waals surface area contributed by atoms with Crippen molar-refractivity contribution < 1.29 is 27.9 Å². The normalized spacial score (nSPS) is 15.0. The summed E-state index contributed by atoms with van der Waals surface area (Å²) in [6, 6.07) is 13.6. The Morgan fingerprint density at radius 2 is 1.67 bits per heavy atom. The fourth-order valence-electron chi connectivity index (χ4n) is 3.83. The lowest BCUT2D eigenvalue weighted by Crippen LogP contribution is -2.40. The maximum Gasteiger partial charge on any atom is 0.435 e. The molecule has 0 bridgehead atoms. The topological polar surface area (TPSA) is 75.4 Å². The summed E-state index contributed by atoms with van der Waals surface area (Å²) in [6.45, 7) is 0.678. The molecule has 3 aromatic rings. The summed E-state index contributed by atoms with van der Waals surface area (Å²) < 4.78 is 41.2. The molecule has 0 aliphatic carbocycles. The molecule has 1 fully saturated rings. The van der Waals surface area contributed by atoms with Crippen LogP contribution >= 0.6 is 11.6 Å². The number of halogens is 4. The molecule has 1 aromatic heterocycles. The van der Waals surface area contributed by atoms with Crippen molar-refractivity contribution in [3.05, 3.63) is 70.9 Å². The predicted molar refractivity (Wildman–Crippen MR) is 115 cm³/mol. The number of nitrogens with zero attached hydrogens (tertiary/aromatic N) is 3. The van der Waals surface area contributed by atoms with Crippen LogP contribution in [0.4, 0.5) is 13.2 Å². The Bertz CT molecular complexity index is 1180. The van der Waals surface area contributed by atoms with Crippen LogP contribution < -0.4 is 0 Å². The van der Waals surface area contributed by atoms with E-state index in [2.05, 4.69) is 5.10 Å². The number of hydrogen-bond donors (Lipinski definition) is 1. The first-order valence-corrected chi connectivity index (χ1v) is 10.6. The molecule has 1 amide bonds. The molecule has 1 N–H and O–H groups in total. The number of carbonyl (C=O) groups is 2. The maximum atomic E-state index is 13.4. The van der Waals surface area contributed by atoms with Gasteiger partial charge in [-0.1, -0.05) is 35.9 Å². The molecule has 0 atom stereocenters. The smallest absolute Gasteiger partial charge is 0.435 e. The summed E-state index contributed by atoms with van der Waals surface area (Å²) in [4.78, 5) is 25.5. The van der Waals surface area contributed by atoms with Crippen molar-refractivity contribution in [3.63, 3.8) is 0 Å². The van der Waals surface area contributed by atoms with Crippen LogP contribution in [0.3, 0.4) is 0 Å². The van der Waals surface area contributed by atoms with Crippen molar-refractivity contribution in [1.29, 1.82) is 0 Å². The summed E-state index contributed by atoms with van der Waals surface area (Å²) in [5, 5.41) is 13.1. The van der Waals surface area contributed by atoms with E-state index in [1.54, 1.807) is 41.3 Å². The van der Waals surface area contributed by atoms with Gasteiger partial charge in [-0.2, -0.15) is 18.3 Å². The molecule has 0 saturated carbocycles. The van der Waals surface area contributed by atoms with Gasteiger partial charge in [0.25, 0.3) is 5.91 Å². The van der Waals surface area contributed by atoms with Gasteiger partial charge in [-0.15, -0.1) is 0 Å². The third kappa shape index (κ3) is 4.73. The van der Waals surface area contributed by atoms with Crippen LogP contribution in [-0.2, 0) is 11.0 Å². The van der Waals surface area contributed by atoms with E-state index >= 15 is 0 Å². The molecule has 2 aromatic carbocycles. The summed E-state index contributed by atoms with van der Waals surface area (Å²) in [5.41, 5.74) is 0.216. The van der Waals surface area contributed by atoms with E-state index in [1.807, 2.05) is 0 Å².